The van der Waals surface area contributed by atoms with Gasteiger partial charge in [-0.15, -0.1) is 0 Å². The second-order valence-corrected chi connectivity index (χ2v) is 3.91. The van der Waals surface area contributed by atoms with Crippen molar-refractivity contribution in [2.24, 2.45) is 0 Å². The van der Waals surface area contributed by atoms with Crippen LogP contribution in [0.15, 0.2) is 24.3 Å². The van der Waals surface area contributed by atoms with E-state index in [-0.39, 0.29) is 0 Å². The van der Waals surface area contributed by atoms with E-state index in [1.54, 1.807) is 7.11 Å². The first-order valence-corrected chi connectivity index (χ1v) is 5.62. The number of ether oxygens (including phenoxy) is 1. The van der Waals surface area contributed by atoms with Gasteiger partial charge in [0.2, 0.25) is 0 Å². The van der Waals surface area contributed by atoms with Crippen molar-refractivity contribution in [3.05, 3.63) is 29.8 Å². The Labute approximate surface area is 92.6 Å². The molecule has 15 heavy (non-hydrogen) atoms. The lowest BCUT2D eigenvalue weighted by Crippen LogP contribution is -2.28. The molecule has 0 heterocycles. The minimum Gasteiger partial charge on any atom is -0.497 e. The monoisotopic (exact) mass is 207 g/mol. The molecule has 0 spiro atoms. The van der Waals surface area contributed by atoms with Crippen LogP contribution in [0.25, 0.3) is 0 Å². The van der Waals surface area contributed by atoms with E-state index in [4.69, 9.17) is 4.74 Å². The maximum absolute atomic E-state index is 5.12. The van der Waals surface area contributed by atoms with E-state index < -0.39 is 0 Å². The van der Waals surface area contributed by atoms with Crippen molar-refractivity contribution in [2.75, 3.05) is 13.7 Å². The molecule has 0 bridgehead atoms. The molecule has 1 aromatic rings. The van der Waals surface area contributed by atoms with Gasteiger partial charge in [0.15, 0.2) is 0 Å². The normalized spacial score (nSPS) is 12.5. The lowest BCUT2D eigenvalue weighted by Gasteiger charge is -2.13. The molecule has 1 N–H and O–H groups in total. The molecule has 0 aliphatic rings. The predicted molar refractivity (Wildman–Crippen MR) is 64.5 cm³/mol. The van der Waals surface area contributed by atoms with E-state index in [1.165, 1.54) is 12.0 Å². The van der Waals surface area contributed by atoms with Crippen LogP contribution in [-0.4, -0.2) is 19.7 Å². The molecule has 0 aliphatic carbocycles. The fourth-order valence-corrected chi connectivity index (χ4v) is 1.58. The van der Waals surface area contributed by atoms with E-state index in [9.17, 15) is 0 Å². The van der Waals surface area contributed by atoms with E-state index >= 15 is 0 Å². The van der Waals surface area contributed by atoms with Crippen LogP contribution in [0.3, 0.4) is 0 Å². The molecule has 2 heteroatoms. The third-order valence-corrected chi connectivity index (χ3v) is 2.44. The lowest BCUT2D eigenvalue weighted by molar-refractivity contribution is 0.414. The maximum atomic E-state index is 5.12. The summed E-state index contributed by atoms with van der Waals surface area (Å²) in [5.74, 6) is 0.924. The zero-order chi connectivity index (χ0) is 11.1. The predicted octanol–water partition coefficient (Wildman–Crippen LogP) is 2.63. The van der Waals surface area contributed by atoms with Gasteiger partial charge in [-0.1, -0.05) is 19.1 Å². The minimum absolute atomic E-state index is 0.540. The van der Waals surface area contributed by atoms with E-state index in [0.29, 0.717) is 6.04 Å². The Hall–Kier alpha value is -1.02. The largest absolute Gasteiger partial charge is 0.497 e. The molecule has 0 aliphatic heterocycles. The first-order chi connectivity index (χ1) is 7.26. The maximum Gasteiger partial charge on any atom is 0.118 e. The summed E-state index contributed by atoms with van der Waals surface area (Å²) in [5, 5.41) is 3.48. The number of rotatable bonds is 6. The molecule has 1 aromatic carbocycles. The fraction of sp³-hybridized carbons (Fsp3) is 0.538. The summed E-state index contributed by atoms with van der Waals surface area (Å²) in [6.45, 7) is 5.50. The number of hydrogen-bond donors (Lipinski definition) is 1. The molecule has 2 nitrogen and oxygen atoms in total. The van der Waals surface area contributed by atoms with Crippen molar-refractivity contribution >= 4 is 0 Å². The van der Waals surface area contributed by atoms with E-state index in [1.807, 2.05) is 12.1 Å². The van der Waals surface area contributed by atoms with Crippen LogP contribution in [-0.2, 0) is 6.42 Å². The van der Waals surface area contributed by atoms with Crippen molar-refractivity contribution < 1.29 is 4.74 Å². The molecule has 1 rings (SSSR count). The standard InChI is InChI=1S/C13H21NO/c1-4-9-14-11(2)10-12-5-7-13(15-3)8-6-12/h5-8,11,14H,4,9-10H2,1-3H3/t11-/m0/s1. The van der Waals surface area contributed by atoms with E-state index in [2.05, 4.69) is 31.3 Å². The van der Waals surface area contributed by atoms with E-state index in [0.717, 1.165) is 18.7 Å². The van der Waals surface area contributed by atoms with Gasteiger partial charge in [-0.3, -0.25) is 0 Å². The minimum atomic E-state index is 0.540. The molecular formula is C13H21NO. The Morgan fingerprint density at radius 1 is 1.27 bits per heavy atom. The average molecular weight is 207 g/mol. The molecule has 0 fully saturated rings. The Bertz CT molecular complexity index is 268. The number of benzene rings is 1. The van der Waals surface area contributed by atoms with Gasteiger partial charge in [0.05, 0.1) is 7.11 Å². The summed E-state index contributed by atoms with van der Waals surface area (Å²) >= 11 is 0. The molecule has 1 atom stereocenters. The molecule has 0 saturated heterocycles. The fourth-order valence-electron chi connectivity index (χ4n) is 1.58. The lowest BCUT2D eigenvalue weighted by atomic mass is 10.1. The van der Waals surface area contributed by atoms with Crippen LogP contribution >= 0.6 is 0 Å². The first-order valence-electron chi connectivity index (χ1n) is 5.62. The van der Waals surface area contributed by atoms with Crippen LogP contribution in [0, 0.1) is 0 Å². The summed E-state index contributed by atoms with van der Waals surface area (Å²) in [6, 6.07) is 8.83. The smallest absolute Gasteiger partial charge is 0.118 e. The second kappa shape index (κ2) is 6.46. The summed E-state index contributed by atoms with van der Waals surface area (Å²) in [4.78, 5) is 0. The second-order valence-electron chi connectivity index (χ2n) is 3.91. The average Bonchev–Trinajstić information content (AvgIpc) is 2.27. The van der Waals surface area contributed by atoms with Gasteiger partial charge in [-0.2, -0.15) is 0 Å². The topological polar surface area (TPSA) is 21.3 Å². The third-order valence-electron chi connectivity index (χ3n) is 2.44. The highest BCUT2D eigenvalue weighted by Gasteiger charge is 2.02. The summed E-state index contributed by atoms with van der Waals surface area (Å²) in [5.41, 5.74) is 1.35. The summed E-state index contributed by atoms with van der Waals surface area (Å²) in [7, 11) is 1.69. The van der Waals surface area contributed by atoms with Crippen LogP contribution in [0.5, 0.6) is 5.75 Å². The molecular weight excluding hydrogens is 186 g/mol. The van der Waals surface area contributed by atoms with Crippen LogP contribution in [0.1, 0.15) is 25.8 Å². The van der Waals surface area contributed by atoms with Gasteiger partial charge in [-0.25, -0.2) is 0 Å². The zero-order valence-electron chi connectivity index (χ0n) is 9.92. The quantitative estimate of drug-likeness (QED) is 0.774. The summed E-state index contributed by atoms with van der Waals surface area (Å²) < 4.78 is 5.12. The molecule has 0 unspecified atom stereocenters. The number of nitrogens with one attached hydrogen (secondary N) is 1. The van der Waals surface area contributed by atoms with Gasteiger partial charge in [0.25, 0.3) is 0 Å². The molecule has 0 amide bonds. The highest BCUT2D eigenvalue weighted by molar-refractivity contribution is 5.27. The first kappa shape index (κ1) is 12.1. The van der Waals surface area contributed by atoms with Crippen molar-refractivity contribution in [2.45, 2.75) is 32.7 Å². The Kier molecular flexibility index (Phi) is 5.19. The Morgan fingerprint density at radius 2 is 1.93 bits per heavy atom. The van der Waals surface area contributed by atoms with Gasteiger partial charge >= 0.3 is 0 Å². The Balaban J connectivity index is 2.42. The molecule has 0 aromatic heterocycles. The third kappa shape index (κ3) is 4.34. The zero-order valence-corrected chi connectivity index (χ0v) is 9.92. The van der Waals surface area contributed by atoms with Gasteiger partial charge in [0.1, 0.15) is 5.75 Å². The highest BCUT2D eigenvalue weighted by Crippen LogP contribution is 2.12. The van der Waals surface area contributed by atoms with Crippen LogP contribution in [0.4, 0.5) is 0 Å². The van der Waals surface area contributed by atoms with Crippen LogP contribution in [0.2, 0.25) is 0 Å². The SMILES string of the molecule is CCCN[C@@H](C)Cc1ccc(OC)cc1. The van der Waals surface area contributed by atoms with Crippen molar-refractivity contribution in [3.63, 3.8) is 0 Å². The summed E-state index contributed by atoms with van der Waals surface area (Å²) in [6.07, 6.45) is 2.26. The van der Waals surface area contributed by atoms with Crippen molar-refractivity contribution in [3.8, 4) is 5.75 Å². The number of hydrogen-bond acceptors (Lipinski definition) is 2. The highest BCUT2D eigenvalue weighted by atomic mass is 16.5. The molecule has 0 radical (unpaired) electrons. The number of methoxy groups -OCH3 is 1. The van der Waals surface area contributed by atoms with Gasteiger partial charge < -0.3 is 10.1 Å². The molecule has 84 valence electrons. The molecule has 0 saturated carbocycles. The Morgan fingerprint density at radius 3 is 2.47 bits per heavy atom. The van der Waals surface area contributed by atoms with Gasteiger partial charge in [0, 0.05) is 6.04 Å². The van der Waals surface area contributed by atoms with Crippen molar-refractivity contribution in [1.82, 2.24) is 5.32 Å². The van der Waals surface area contributed by atoms with Crippen molar-refractivity contribution in [1.29, 1.82) is 0 Å². The van der Waals surface area contributed by atoms with Gasteiger partial charge in [-0.05, 0) is 44.0 Å². The van der Waals surface area contributed by atoms with Crippen LogP contribution < -0.4 is 10.1 Å².